The summed E-state index contributed by atoms with van der Waals surface area (Å²) in [4.78, 5) is 21.3. The summed E-state index contributed by atoms with van der Waals surface area (Å²) in [6.45, 7) is 5.65. The van der Waals surface area contributed by atoms with E-state index < -0.39 is 0 Å². The van der Waals surface area contributed by atoms with Gasteiger partial charge in [0.15, 0.2) is 0 Å². The highest BCUT2D eigenvalue weighted by atomic mass is 16.5. The Morgan fingerprint density at radius 1 is 1.36 bits per heavy atom. The number of nitrogens with one attached hydrogen (secondary N) is 1. The molecule has 0 saturated carbocycles. The second-order valence-corrected chi connectivity index (χ2v) is 6.44. The first kappa shape index (κ1) is 17.2. The second-order valence-electron chi connectivity index (χ2n) is 6.44. The number of piperidine rings is 1. The molecule has 25 heavy (non-hydrogen) atoms. The molecular weight excluding hydrogens is 316 g/mol. The van der Waals surface area contributed by atoms with Crippen molar-refractivity contribution in [3.8, 4) is 11.8 Å². The van der Waals surface area contributed by atoms with Crippen molar-refractivity contribution in [2.75, 3.05) is 13.1 Å². The van der Waals surface area contributed by atoms with E-state index in [2.05, 4.69) is 27.9 Å². The Kier molecular flexibility index (Phi) is 5.15. The Balaban J connectivity index is 1.59. The molecule has 6 nitrogen and oxygen atoms in total. The first-order chi connectivity index (χ1) is 12.0. The Hall–Kier alpha value is -2.65. The number of aryl methyl sites for hydroxylation is 1. The predicted molar refractivity (Wildman–Crippen MR) is 94.4 cm³/mol. The molecule has 1 atom stereocenters. The smallest absolute Gasteiger partial charge is 0.251 e. The molecule has 2 aromatic rings. The monoisotopic (exact) mass is 338 g/mol. The van der Waals surface area contributed by atoms with Crippen molar-refractivity contribution < 1.29 is 4.74 Å². The number of aromatic nitrogens is 2. The fourth-order valence-electron chi connectivity index (χ4n) is 3.19. The quantitative estimate of drug-likeness (QED) is 0.926. The van der Waals surface area contributed by atoms with E-state index in [9.17, 15) is 4.79 Å². The molecule has 0 radical (unpaired) electrons. The van der Waals surface area contributed by atoms with Crippen LogP contribution in [0.5, 0.6) is 5.75 Å². The number of likely N-dealkylation sites (tertiary alicyclic amines) is 1. The van der Waals surface area contributed by atoms with Gasteiger partial charge in [0.1, 0.15) is 17.7 Å². The zero-order chi connectivity index (χ0) is 17.8. The molecule has 1 aromatic carbocycles. The van der Waals surface area contributed by atoms with E-state index >= 15 is 0 Å². The highest BCUT2D eigenvalue weighted by molar-refractivity contribution is 5.36. The van der Waals surface area contributed by atoms with E-state index in [-0.39, 0.29) is 17.7 Å². The summed E-state index contributed by atoms with van der Waals surface area (Å²) < 4.78 is 6.02. The van der Waals surface area contributed by atoms with Crippen molar-refractivity contribution in [3.05, 3.63) is 57.8 Å². The van der Waals surface area contributed by atoms with Crippen LogP contribution in [0.4, 0.5) is 0 Å². The van der Waals surface area contributed by atoms with Gasteiger partial charge in [-0.2, -0.15) is 5.26 Å². The molecule has 0 amide bonds. The number of ether oxygens (including phenoxy) is 1. The minimum atomic E-state index is -0.107. The van der Waals surface area contributed by atoms with Gasteiger partial charge in [0, 0.05) is 24.8 Å². The molecule has 3 rings (SSSR count). The first-order valence-corrected chi connectivity index (χ1v) is 8.54. The van der Waals surface area contributed by atoms with Crippen molar-refractivity contribution in [2.45, 2.75) is 38.8 Å². The zero-order valence-electron chi connectivity index (χ0n) is 14.5. The molecule has 0 aliphatic carbocycles. The summed E-state index contributed by atoms with van der Waals surface area (Å²) in [5, 5.41) is 8.97. The van der Waals surface area contributed by atoms with Crippen molar-refractivity contribution in [2.24, 2.45) is 0 Å². The van der Waals surface area contributed by atoms with Crippen LogP contribution in [-0.2, 0) is 0 Å². The third-order valence-corrected chi connectivity index (χ3v) is 4.57. The van der Waals surface area contributed by atoms with Gasteiger partial charge in [-0.05, 0) is 44.9 Å². The molecule has 0 bridgehead atoms. The Morgan fingerprint density at radius 3 is 2.80 bits per heavy atom. The fourth-order valence-corrected chi connectivity index (χ4v) is 3.19. The van der Waals surface area contributed by atoms with E-state index in [0.717, 1.165) is 37.4 Å². The normalized spacial score (nSPS) is 17.0. The molecule has 2 heterocycles. The van der Waals surface area contributed by atoms with Crippen LogP contribution < -0.4 is 10.3 Å². The average Bonchev–Trinajstić information content (AvgIpc) is 2.61. The van der Waals surface area contributed by atoms with Crippen molar-refractivity contribution in [1.82, 2.24) is 14.9 Å². The van der Waals surface area contributed by atoms with Gasteiger partial charge in [0.2, 0.25) is 0 Å². The molecule has 1 aliphatic heterocycles. The number of hydrogen-bond donors (Lipinski definition) is 1. The molecule has 6 heteroatoms. The number of rotatable bonds is 4. The van der Waals surface area contributed by atoms with Crippen LogP contribution >= 0.6 is 0 Å². The third kappa shape index (κ3) is 4.25. The van der Waals surface area contributed by atoms with Gasteiger partial charge >= 0.3 is 0 Å². The molecule has 1 aromatic heterocycles. The lowest BCUT2D eigenvalue weighted by Crippen LogP contribution is -2.40. The lowest BCUT2D eigenvalue weighted by molar-refractivity contribution is 0.0773. The highest BCUT2D eigenvalue weighted by Gasteiger charge is 2.25. The highest BCUT2D eigenvalue weighted by Crippen LogP contribution is 2.24. The topological polar surface area (TPSA) is 82.0 Å². The number of nitriles is 1. The van der Waals surface area contributed by atoms with E-state index in [1.165, 1.54) is 6.07 Å². The number of hydrogen-bond acceptors (Lipinski definition) is 5. The van der Waals surface area contributed by atoms with Gasteiger partial charge in [0.05, 0.1) is 17.7 Å². The Bertz CT molecular complexity index is 832. The average molecular weight is 338 g/mol. The van der Waals surface area contributed by atoms with E-state index in [1.807, 2.05) is 19.1 Å². The fraction of sp³-hybridized carbons (Fsp3) is 0.421. The van der Waals surface area contributed by atoms with Crippen LogP contribution in [0, 0.1) is 18.3 Å². The lowest BCUT2D eigenvalue weighted by Gasteiger charge is -2.35. The summed E-state index contributed by atoms with van der Waals surface area (Å²) in [6.07, 6.45) is 1.94. The van der Waals surface area contributed by atoms with Crippen LogP contribution in [-0.4, -0.2) is 34.1 Å². The molecular formula is C19H22N4O2. The molecule has 0 spiro atoms. The maximum atomic E-state index is 11.6. The maximum absolute atomic E-state index is 11.6. The summed E-state index contributed by atoms with van der Waals surface area (Å²) in [6, 6.07) is 11.0. The van der Waals surface area contributed by atoms with Crippen LogP contribution in [0.15, 0.2) is 35.1 Å². The molecule has 0 unspecified atom stereocenters. The summed E-state index contributed by atoms with van der Waals surface area (Å²) in [7, 11) is 0. The number of nitrogens with zero attached hydrogens (tertiary/aromatic N) is 3. The van der Waals surface area contributed by atoms with Gasteiger partial charge < -0.3 is 9.72 Å². The minimum absolute atomic E-state index is 0.0652. The Labute approximate surface area is 147 Å². The lowest BCUT2D eigenvalue weighted by atomic mass is 10.1. The second kappa shape index (κ2) is 7.49. The van der Waals surface area contributed by atoms with Crippen LogP contribution in [0.25, 0.3) is 0 Å². The first-order valence-electron chi connectivity index (χ1n) is 8.54. The van der Waals surface area contributed by atoms with Gasteiger partial charge in [-0.25, -0.2) is 4.98 Å². The summed E-state index contributed by atoms with van der Waals surface area (Å²) >= 11 is 0. The van der Waals surface area contributed by atoms with Gasteiger partial charge in [-0.15, -0.1) is 0 Å². The Morgan fingerprint density at radius 2 is 2.12 bits per heavy atom. The van der Waals surface area contributed by atoms with Crippen LogP contribution in [0.2, 0.25) is 0 Å². The summed E-state index contributed by atoms with van der Waals surface area (Å²) in [5.74, 6) is 1.46. The standard InChI is InChI=1S/C19H22N4O2/c1-13-10-18(24)22-19(21-13)14(2)23-8-6-16(7-9-23)25-17-5-3-4-15(11-17)12-20/h3-5,10-11,14,16H,6-9H2,1-2H3,(H,21,22,24)/t14-/m0/s1. The number of H-pyrrole nitrogens is 1. The molecule has 1 fully saturated rings. The van der Waals surface area contributed by atoms with Gasteiger partial charge in [-0.3, -0.25) is 9.69 Å². The van der Waals surface area contributed by atoms with Crippen LogP contribution in [0.3, 0.4) is 0 Å². The summed E-state index contributed by atoms with van der Waals surface area (Å²) in [5.41, 5.74) is 1.24. The van der Waals surface area contributed by atoms with E-state index in [4.69, 9.17) is 10.00 Å². The van der Waals surface area contributed by atoms with Crippen LogP contribution in [0.1, 0.15) is 42.9 Å². The van der Waals surface area contributed by atoms with E-state index in [0.29, 0.717) is 11.4 Å². The zero-order valence-corrected chi connectivity index (χ0v) is 14.5. The molecule has 1 aliphatic rings. The van der Waals surface area contributed by atoms with Crippen molar-refractivity contribution in [1.29, 1.82) is 5.26 Å². The van der Waals surface area contributed by atoms with Crippen molar-refractivity contribution >= 4 is 0 Å². The number of aromatic amines is 1. The minimum Gasteiger partial charge on any atom is -0.490 e. The van der Waals surface area contributed by atoms with E-state index in [1.54, 1.807) is 12.1 Å². The molecule has 1 saturated heterocycles. The number of benzene rings is 1. The van der Waals surface area contributed by atoms with Gasteiger partial charge in [-0.1, -0.05) is 6.07 Å². The maximum Gasteiger partial charge on any atom is 0.251 e. The third-order valence-electron chi connectivity index (χ3n) is 4.57. The molecule has 130 valence electrons. The van der Waals surface area contributed by atoms with Crippen molar-refractivity contribution in [3.63, 3.8) is 0 Å². The largest absolute Gasteiger partial charge is 0.490 e. The van der Waals surface area contributed by atoms with Gasteiger partial charge in [0.25, 0.3) is 5.56 Å². The SMILES string of the molecule is Cc1cc(=O)[nH]c([C@H](C)N2CCC(Oc3cccc(C#N)c3)CC2)n1. The predicted octanol–water partition coefficient (Wildman–Crippen LogP) is 2.55. The molecule has 1 N–H and O–H groups in total.